The number of fused-ring (bicyclic) bond motifs is 1. The highest BCUT2D eigenvalue weighted by Crippen LogP contribution is 2.25. The summed E-state index contributed by atoms with van der Waals surface area (Å²) < 4.78 is 0. The van der Waals surface area contributed by atoms with E-state index in [-0.39, 0.29) is 0 Å². The van der Waals surface area contributed by atoms with E-state index >= 15 is 0 Å². The molecule has 0 aliphatic rings. The Hall–Kier alpha value is -2.92. The molecule has 0 bridgehead atoms. The van der Waals surface area contributed by atoms with Crippen LogP contribution in [0.4, 0.5) is 5.82 Å². The first-order chi connectivity index (χ1) is 12.3. The summed E-state index contributed by atoms with van der Waals surface area (Å²) in [5.74, 6) is 2.32. The van der Waals surface area contributed by atoms with Gasteiger partial charge in [-0.3, -0.25) is 0 Å². The van der Waals surface area contributed by atoms with Crippen LogP contribution in [0, 0.1) is 0 Å². The van der Waals surface area contributed by atoms with E-state index in [0.29, 0.717) is 23.8 Å². The van der Waals surface area contributed by atoms with Crippen molar-refractivity contribution in [2.24, 2.45) is 0 Å². The van der Waals surface area contributed by atoms with Crippen molar-refractivity contribution in [1.82, 2.24) is 19.9 Å². The summed E-state index contributed by atoms with van der Waals surface area (Å²) in [4.78, 5) is 16.7. The third-order valence-corrected chi connectivity index (χ3v) is 4.12. The van der Waals surface area contributed by atoms with Crippen molar-refractivity contribution < 1.29 is 0 Å². The van der Waals surface area contributed by atoms with E-state index in [1.54, 1.807) is 12.4 Å². The molecule has 2 aromatic heterocycles. The van der Waals surface area contributed by atoms with E-state index in [0.717, 1.165) is 22.5 Å². The molecule has 0 saturated carbocycles. The number of imidazole rings is 1. The molecule has 2 heterocycles. The average Bonchev–Trinajstić information content (AvgIpc) is 3.14. The maximum absolute atomic E-state index is 6.16. The molecule has 0 fully saturated rings. The molecular weight excluding hydrogens is 334 g/mol. The Morgan fingerprint density at radius 1 is 1.04 bits per heavy atom. The van der Waals surface area contributed by atoms with Crippen molar-refractivity contribution in [1.29, 1.82) is 0 Å². The number of hydrogen-bond acceptors (Lipinski definition) is 4. The minimum Gasteiger partial charge on any atom is -0.365 e. The van der Waals surface area contributed by atoms with Gasteiger partial charge in [0.15, 0.2) is 0 Å². The van der Waals surface area contributed by atoms with Gasteiger partial charge in [0.25, 0.3) is 0 Å². The molecule has 0 aliphatic heterocycles. The predicted octanol–water partition coefficient (Wildman–Crippen LogP) is 4.21. The minimum atomic E-state index is 0.547. The first kappa shape index (κ1) is 15.6. The lowest BCUT2D eigenvalue weighted by molar-refractivity contribution is 0.924. The van der Waals surface area contributed by atoms with Crippen LogP contribution in [-0.2, 0) is 13.0 Å². The van der Waals surface area contributed by atoms with Gasteiger partial charge >= 0.3 is 0 Å². The van der Waals surface area contributed by atoms with Gasteiger partial charge in [-0.2, -0.15) is 0 Å². The lowest BCUT2D eigenvalue weighted by Crippen LogP contribution is -2.06. The van der Waals surface area contributed by atoms with E-state index in [1.165, 1.54) is 5.56 Å². The summed E-state index contributed by atoms with van der Waals surface area (Å²) >= 11 is 6.16. The highest BCUT2D eigenvalue weighted by atomic mass is 35.5. The van der Waals surface area contributed by atoms with Crippen molar-refractivity contribution in [2.45, 2.75) is 13.0 Å². The standard InChI is InChI=1S/C19H16ClN5/c20-14-6-7-16-15(10-14)19(23-12-13-4-2-1-3-5-13)25-18(24-16)11-17-21-8-9-22-17/h1-10H,11-12H2,(H,21,22)(H,23,24,25). The zero-order valence-electron chi connectivity index (χ0n) is 13.4. The van der Waals surface area contributed by atoms with Crippen LogP contribution in [0.5, 0.6) is 0 Å². The molecule has 6 heteroatoms. The highest BCUT2D eigenvalue weighted by Gasteiger charge is 2.10. The number of nitrogens with one attached hydrogen (secondary N) is 2. The van der Waals surface area contributed by atoms with E-state index in [2.05, 4.69) is 32.4 Å². The van der Waals surface area contributed by atoms with Crippen LogP contribution in [0.2, 0.25) is 5.02 Å². The molecule has 0 amide bonds. The summed E-state index contributed by atoms with van der Waals surface area (Å²) in [6.45, 7) is 0.680. The van der Waals surface area contributed by atoms with Gasteiger partial charge in [-0.25, -0.2) is 15.0 Å². The van der Waals surface area contributed by atoms with Gasteiger partial charge in [0, 0.05) is 29.3 Å². The molecular formula is C19H16ClN5. The molecule has 0 atom stereocenters. The molecule has 0 aliphatic carbocycles. The first-order valence-corrected chi connectivity index (χ1v) is 8.38. The molecule has 0 spiro atoms. The van der Waals surface area contributed by atoms with E-state index < -0.39 is 0 Å². The second-order valence-electron chi connectivity index (χ2n) is 5.70. The average molecular weight is 350 g/mol. The molecule has 0 radical (unpaired) electrons. The number of aromatic nitrogens is 4. The third kappa shape index (κ3) is 3.61. The Morgan fingerprint density at radius 3 is 2.72 bits per heavy atom. The van der Waals surface area contributed by atoms with Crippen LogP contribution in [0.1, 0.15) is 17.2 Å². The second-order valence-corrected chi connectivity index (χ2v) is 6.14. The zero-order chi connectivity index (χ0) is 17.1. The summed E-state index contributed by atoms with van der Waals surface area (Å²) in [7, 11) is 0. The molecule has 4 rings (SSSR count). The number of hydrogen-bond donors (Lipinski definition) is 2. The van der Waals surface area contributed by atoms with Crippen LogP contribution >= 0.6 is 11.6 Å². The lowest BCUT2D eigenvalue weighted by atomic mass is 10.2. The summed E-state index contributed by atoms with van der Waals surface area (Å²) in [5.41, 5.74) is 2.04. The summed E-state index contributed by atoms with van der Waals surface area (Å²) in [6, 6.07) is 15.8. The van der Waals surface area contributed by atoms with Crippen molar-refractivity contribution in [2.75, 3.05) is 5.32 Å². The smallest absolute Gasteiger partial charge is 0.138 e. The molecule has 2 N–H and O–H groups in total. The molecule has 4 aromatic rings. The molecule has 25 heavy (non-hydrogen) atoms. The number of aromatic amines is 1. The van der Waals surface area contributed by atoms with Crippen LogP contribution in [0.3, 0.4) is 0 Å². The minimum absolute atomic E-state index is 0.547. The molecule has 0 saturated heterocycles. The van der Waals surface area contributed by atoms with Crippen molar-refractivity contribution >= 4 is 28.3 Å². The predicted molar refractivity (Wildman–Crippen MR) is 99.7 cm³/mol. The van der Waals surface area contributed by atoms with Gasteiger partial charge in [0.05, 0.1) is 11.9 Å². The van der Waals surface area contributed by atoms with E-state index in [4.69, 9.17) is 16.6 Å². The Morgan fingerprint density at radius 2 is 1.92 bits per heavy atom. The monoisotopic (exact) mass is 349 g/mol. The topological polar surface area (TPSA) is 66.5 Å². The van der Waals surface area contributed by atoms with Gasteiger partial charge in [0.1, 0.15) is 17.5 Å². The lowest BCUT2D eigenvalue weighted by Gasteiger charge is -2.11. The van der Waals surface area contributed by atoms with Crippen LogP contribution in [-0.4, -0.2) is 19.9 Å². The summed E-state index contributed by atoms with van der Waals surface area (Å²) in [5, 5.41) is 4.98. The molecule has 2 aromatic carbocycles. The van der Waals surface area contributed by atoms with Gasteiger partial charge in [-0.1, -0.05) is 41.9 Å². The Labute approximate surface area is 150 Å². The molecule has 5 nitrogen and oxygen atoms in total. The van der Waals surface area contributed by atoms with Gasteiger partial charge in [-0.05, 0) is 23.8 Å². The highest BCUT2D eigenvalue weighted by molar-refractivity contribution is 6.31. The van der Waals surface area contributed by atoms with Crippen molar-refractivity contribution in [3.63, 3.8) is 0 Å². The SMILES string of the molecule is Clc1ccc2nc(Cc3ncc[nH]3)nc(NCc3ccccc3)c2c1. The zero-order valence-corrected chi connectivity index (χ0v) is 14.2. The number of benzene rings is 2. The van der Waals surface area contributed by atoms with E-state index in [9.17, 15) is 0 Å². The Bertz CT molecular complexity index is 984. The normalized spacial score (nSPS) is 10.9. The van der Waals surface area contributed by atoms with Crippen LogP contribution in [0.15, 0.2) is 60.9 Å². The molecule has 124 valence electrons. The summed E-state index contributed by atoms with van der Waals surface area (Å²) in [6.07, 6.45) is 4.07. The second kappa shape index (κ2) is 6.91. The maximum atomic E-state index is 6.16. The maximum Gasteiger partial charge on any atom is 0.138 e. The number of anilines is 1. The van der Waals surface area contributed by atoms with Crippen molar-refractivity contribution in [3.8, 4) is 0 Å². The van der Waals surface area contributed by atoms with Crippen molar-refractivity contribution in [3.05, 3.63) is 83.2 Å². The van der Waals surface area contributed by atoms with Crippen LogP contribution in [0.25, 0.3) is 10.9 Å². The fraction of sp³-hybridized carbons (Fsp3) is 0.105. The fourth-order valence-corrected chi connectivity index (χ4v) is 2.86. The number of rotatable bonds is 5. The Kier molecular flexibility index (Phi) is 4.31. The number of H-pyrrole nitrogens is 1. The Balaban J connectivity index is 1.70. The third-order valence-electron chi connectivity index (χ3n) is 3.89. The largest absolute Gasteiger partial charge is 0.365 e. The van der Waals surface area contributed by atoms with Gasteiger partial charge in [-0.15, -0.1) is 0 Å². The number of halogens is 1. The van der Waals surface area contributed by atoms with Crippen LogP contribution < -0.4 is 5.32 Å². The van der Waals surface area contributed by atoms with E-state index in [1.807, 2.05) is 36.4 Å². The number of nitrogens with zero attached hydrogens (tertiary/aromatic N) is 3. The quantitative estimate of drug-likeness (QED) is 0.566. The van der Waals surface area contributed by atoms with Gasteiger partial charge in [0.2, 0.25) is 0 Å². The van der Waals surface area contributed by atoms with Gasteiger partial charge < -0.3 is 10.3 Å². The fourth-order valence-electron chi connectivity index (χ4n) is 2.69. The molecule has 0 unspecified atom stereocenters. The first-order valence-electron chi connectivity index (χ1n) is 8.00.